The SMILES string of the molecule is CC1CN(Cc2ccc3ccccc3n2)CC1c1nn2c(C3CCOCC3)ncc2c(=O)[nH]1. The van der Waals surface area contributed by atoms with E-state index in [1.54, 1.807) is 10.7 Å². The topological polar surface area (TPSA) is 88.4 Å². The Balaban J connectivity index is 1.26. The zero-order valence-corrected chi connectivity index (χ0v) is 18.8. The molecule has 33 heavy (non-hydrogen) atoms. The number of nitrogens with zero attached hydrogens (tertiary/aromatic N) is 5. The van der Waals surface area contributed by atoms with E-state index in [1.807, 2.05) is 12.1 Å². The van der Waals surface area contributed by atoms with E-state index < -0.39 is 0 Å². The maximum Gasteiger partial charge on any atom is 0.276 e. The lowest BCUT2D eigenvalue weighted by molar-refractivity contribution is 0.0832. The Morgan fingerprint density at radius 1 is 1.12 bits per heavy atom. The van der Waals surface area contributed by atoms with Gasteiger partial charge in [-0.15, -0.1) is 0 Å². The van der Waals surface area contributed by atoms with Crippen molar-refractivity contribution in [2.75, 3.05) is 26.3 Å². The maximum atomic E-state index is 12.9. The molecule has 4 aromatic rings. The molecular weight excluding hydrogens is 416 g/mol. The second kappa shape index (κ2) is 8.35. The number of aromatic nitrogens is 5. The molecule has 2 aliphatic rings. The molecule has 5 heterocycles. The fraction of sp³-hybridized carbons (Fsp3) is 0.440. The van der Waals surface area contributed by atoms with Crippen molar-refractivity contribution in [3.05, 3.63) is 70.3 Å². The van der Waals surface area contributed by atoms with Gasteiger partial charge in [0.25, 0.3) is 5.56 Å². The molecular formula is C25H28N6O2. The number of aromatic amines is 1. The van der Waals surface area contributed by atoms with Crippen LogP contribution >= 0.6 is 0 Å². The van der Waals surface area contributed by atoms with Gasteiger partial charge in [-0.3, -0.25) is 14.7 Å². The van der Waals surface area contributed by atoms with E-state index in [4.69, 9.17) is 14.8 Å². The second-order valence-electron chi connectivity index (χ2n) is 9.41. The molecule has 1 N–H and O–H groups in total. The molecule has 1 aromatic carbocycles. The fourth-order valence-electron chi connectivity index (χ4n) is 5.31. The lowest BCUT2D eigenvalue weighted by Gasteiger charge is -2.21. The lowest BCUT2D eigenvalue weighted by atomic mass is 9.97. The van der Waals surface area contributed by atoms with Gasteiger partial charge >= 0.3 is 0 Å². The summed E-state index contributed by atoms with van der Waals surface area (Å²) in [5, 5.41) is 6.06. The molecule has 170 valence electrons. The van der Waals surface area contributed by atoms with Crippen LogP contribution in [0.25, 0.3) is 16.4 Å². The van der Waals surface area contributed by atoms with Gasteiger partial charge < -0.3 is 9.72 Å². The summed E-state index contributed by atoms with van der Waals surface area (Å²) in [5.41, 5.74) is 2.49. The van der Waals surface area contributed by atoms with E-state index in [9.17, 15) is 4.79 Å². The second-order valence-corrected chi connectivity index (χ2v) is 9.41. The van der Waals surface area contributed by atoms with Gasteiger partial charge in [0.05, 0.1) is 17.4 Å². The van der Waals surface area contributed by atoms with Crippen LogP contribution in [0.15, 0.2) is 47.4 Å². The summed E-state index contributed by atoms with van der Waals surface area (Å²) in [4.78, 5) is 27.7. The molecule has 0 saturated carbocycles. The quantitative estimate of drug-likeness (QED) is 0.520. The first-order valence-electron chi connectivity index (χ1n) is 11.8. The molecule has 8 heteroatoms. The largest absolute Gasteiger partial charge is 0.381 e. The van der Waals surface area contributed by atoms with Crippen LogP contribution in [0.3, 0.4) is 0 Å². The van der Waals surface area contributed by atoms with Crippen molar-refractivity contribution in [3.63, 3.8) is 0 Å². The number of benzene rings is 1. The van der Waals surface area contributed by atoms with E-state index in [0.29, 0.717) is 11.4 Å². The molecule has 2 aliphatic heterocycles. The van der Waals surface area contributed by atoms with E-state index >= 15 is 0 Å². The summed E-state index contributed by atoms with van der Waals surface area (Å²) in [6.45, 7) is 6.26. The first-order valence-corrected chi connectivity index (χ1v) is 11.8. The Labute approximate surface area is 191 Å². The van der Waals surface area contributed by atoms with Crippen molar-refractivity contribution in [2.45, 2.75) is 38.1 Å². The predicted molar refractivity (Wildman–Crippen MR) is 125 cm³/mol. The molecule has 6 rings (SSSR count). The third-order valence-electron chi connectivity index (χ3n) is 7.11. The minimum Gasteiger partial charge on any atom is -0.381 e. The first-order chi connectivity index (χ1) is 16.2. The van der Waals surface area contributed by atoms with E-state index in [-0.39, 0.29) is 17.4 Å². The van der Waals surface area contributed by atoms with Crippen LogP contribution in [0.4, 0.5) is 0 Å². The number of imidazole rings is 1. The van der Waals surface area contributed by atoms with Crippen molar-refractivity contribution < 1.29 is 4.74 Å². The Morgan fingerprint density at radius 2 is 1.97 bits per heavy atom. The van der Waals surface area contributed by atoms with Gasteiger partial charge in [0, 0.05) is 50.1 Å². The minimum atomic E-state index is -0.118. The highest BCUT2D eigenvalue weighted by Crippen LogP contribution is 2.31. The number of nitrogens with one attached hydrogen (secondary N) is 1. The third kappa shape index (κ3) is 3.83. The van der Waals surface area contributed by atoms with Crippen molar-refractivity contribution in [2.24, 2.45) is 5.92 Å². The van der Waals surface area contributed by atoms with E-state index in [0.717, 1.165) is 73.9 Å². The minimum absolute atomic E-state index is 0.118. The molecule has 8 nitrogen and oxygen atoms in total. The smallest absolute Gasteiger partial charge is 0.276 e. The number of ether oxygens (including phenoxy) is 1. The number of likely N-dealkylation sites (tertiary alicyclic amines) is 1. The number of fused-ring (bicyclic) bond motifs is 2. The van der Waals surface area contributed by atoms with Crippen LogP contribution in [0.2, 0.25) is 0 Å². The Kier molecular flexibility index (Phi) is 5.19. The van der Waals surface area contributed by atoms with Gasteiger partial charge in [0.15, 0.2) is 5.52 Å². The van der Waals surface area contributed by atoms with Crippen LogP contribution in [-0.4, -0.2) is 55.8 Å². The molecule has 2 fully saturated rings. The molecule has 0 spiro atoms. The summed E-state index contributed by atoms with van der Waals surface area (Å²) >= 11 is 0. The van der Waals surface area contributed by atoms with Crippen LogP contribution in [-0.2, 0) is 11.3 Å². The molecule has 0 aliphatic carbocycles. The molecule has 0 radical (unpaired) electrons. The summed E-state index contributed by atoms with van der Waals surface area (Å²) in [5.74, 6) is 2.44. The maximum absolute atomic E-state index is 12.9. The summed E-state index contributed by atoms with van der Waals surface area (Å²) < 4.78 is 7.28. The standard InChI is InChI=1S/C25H28N6O2/c1-16-13-30(14-19-7-6-17-4-2-3-5-21(17)27-19)15-20(16)23-28-25(32)22-12-26-24(31(22)29-23)18-8-10-33-11-9-18/h2-7,12,16,18,20H,8-11,13-15H2,1H3,(H,28,29,32). The number of hydrogen-bond donors (Lipinski definition) is 1. The number of hydrogen-bond acceptors (Lipinski definition) is 6. The molecule has 0 bridgehead atoms. The van der Waals surface area contributed by atoms with Crippen molar-refractivity contribution in [3.8, 4) is 0 Å². The highest BCUT2D eigenvalue weighted by Gasteiger charge is 2.33. The number of pyridine rings is 1. The molecule has 3 aromatic heterocycles. The summed E-state index contributed by atoms with van der Waals surface area (Å²) in [7, 11) is 0. The van der Waals surface area contributed by atoms with Crippen LogP contribution < -0.4 is 5.56 Å². The monoisotopic (exact) mass is 444 g/mol. The number of rotatable bonds is 4. The molecule has 0 amide bonds. The average Bonchev–Trinajstić information content (AvgIpc) is 3.43. The van der Waals surface area contributed by atoms with Crippen molar-refractivity contribution in [1.29, 1.82) is 0 Å². The molecule has 2 atom stereocenters. The van der Waals surface area contributed by atoms with Gasteiger partial charge in [0.1, 0.15) is 11.6 Å². The van der Waals surface area contributed by atoms with Gasteiger partial charge in [-0.2, -0.15) is 5.10 Å². The Bertz CT molecular complexity index is 1360. The van der Waals surface area contributed by atoms with Crippen LogP contribution in [0, 0.1) is 5.92 Å². The Hall–Kier alpha value is -3.10. The van der Waals surface area contributed by atoms with E-state index in [1.165, 1.54) is 0 Å². The third-order valence-corrected chi connectivity index (χ3v) is 7.11. The molecule has 2 saturated heterocycles. The van der Waals surface area contributed by atoms with Gasteiger partial charge in [-0.05, 0) is 30.9 Å². The zero-order valence-electron chi connectivity index (χ0n) is 18.8. The summed E-state index contributed by atoms with van der Waals surface area (Å²) in [6.07, 6.45) is 3.47. The van der Waals surface area contributed by atoms with Crippen LogP contribution in [0.5, 0.6) is 0 Å². The first kappa shape index (κ1) is 20.5. The van der Waals surface area contributed by atoms with Gasteiger partial charge in [-0.25, -0.2) is 9.50 Å². The lowest BCUT2D eigenvalue weighted by Crippen LogP contribution is -2.24. The highest BCUT2D eigenvalue weighted by molar-refractivity contribution is 5.78. The summed E-state index contributed by atoms with van der Waals surface area (Å²) in [6, 6.07) is 12.4. The van der Waals surface area contributed by atoms with Crippen LogP contribution in [0.1, 0.15) is 48.9 Å². The van der Waals surface area contributed by atoms with E-state index in [2.05, 4.69) is 46.1 Å². The van der Waals surface area contributed by atoms with Gasteiger partial charge in [-0.1, -0.05) is 31.2 Å². The zero-order chi connectivity index (χ0) is 22.4. The number of H-pyrrole nitrogens is 1. The average molecular weight is 445 g/mol. The fourth-order valence-corrected chi connectivity index (χ4v) is 5.31. The predicted octanol–water partition coefficient (Wildman–Crippen LogP) is 3.10. The van der Waals surface area contributed by atoms with Crippen molar-refractivity contribution >= 4 is 16.4 Å². The number of para-hydroxylation sites is 1. The highest BCUT2D eigenvalue weighted by atomic mass is 16.5. The van der Waals surface area contributed by atoms with Gasteiger partial charge in [0.2, 0.25) is 0 Å². The Morgan fingerprint density at radius 3 is 2.85 bits per heavy atom. The normalized spacial score (nSPS) is 22.5. The van der Waals surface area contributed by atoms with Crippen molar-refractivity contribution in [1.82, 2.24) is 29.5 Å². The molecule has 2 unspecified atom stereocenters.